The van der Waals surface area contributed by atoms with Crippen molar-refractivity contribution < 1.29 is 9.90 Å². The first-order valence-corrected chi connectivity index (χ1v) is 5.02. The van der Waals surface area contributed by atoms with Crippen LogP contribution in [0.15, 0.2) is 18.2 Å². The summed E-state index contributed by atoms with van der Waals surface area (Å²) in [6.45, 7) is 0. The number of rotatable bonds is 1. The van der Waals surface area contributed by atoms with E-state index < -0.39 is 12.0 Å². The van der Waals surface area contributed by atoms with Crippen molar-refractivity contribution in [1.29, 1.82) is 0 Å². The molecule has 3 nitrogen and oxygen atoms in total. The van der Waals surface area contributed by atoms with Crippen LogP contribution in [0.5, 0.6) is 0 Å². The summed E-state index contributed by atoms with van der Waals surface area (Å²) in [4.78, 5) is 10.7. The number of carboxylic acids is 1. The van der Waals surface area contributed by atoms with Gasteiger partial charge in [-0.25, -0.2) is 4.79 Å². The zero-order chi connectivity index (χ0) is 9.42. The minimum absolute atomic E-state index is 0.451. The van der Waals surface area contributed by atoms with Gasteiger partial charge in [-0.05, 0) is 40.3 Å². The average Bonchev–Trinajstić information content (AvgIpc) is 2.46. The SMILES string of the molecule is O=C(O)[C@@H]1Cc2ccc(I)cc2N1. The lowest BCUT2D eigenvalue weighted by Crippen LogP contribution is -2.26. The third kappa shape index (κ3) is 1.63. The van der Waals surface area contributed by atoms with Crippen LogP contribution in [0, 0.1) is 3.57 Å². The number of hydrogen-bond donors (Lipinski definition) is 2. The van der Waals surface area contributed by atoms with Crippen LogP contribution < -0.4 is 5.32 Å². The van der Waals surface area contributed by atoms with Crippen LogP contribution >= 0.6 is 22.6 Å². The predicted molar refractivity (Wildman–Crippen MR) is 57.9 cm³/mol. The number of carbonyl (C=O) groups is 1. The molecular formula is C9H8INO2. The molecule has 1 aromatic carbocycles. The van der Waals surface area contributed by atoms with Gasteiger partial charge >= 0.3 is 5.97 Å². The van der Waals surface area contributed by atoms with Gasteiger partial charge in [-0.15, -0.1) is 0 Å². The standard InChI is InChI=1S/C9H8INO2/c10-6-2-1-5-3-8(9(12)13)11-7(5)4-6/h1-2,4,8,11H,3H2,(H,12,13)/t8-/m0/s1. The van der Waals surface area contributed by atoms with Crippen LogP contribution in [0.25, 0.3) is 0 Å². The first-order chi connectivity index (χ1) is 6.16. The summed E-state index contributed by atoms with van der Waals surface area (Å²) >= 11 is 2.21. The molecule has 1 heterocycles. The highest BCUT2D eigenvalue weighted by atomic mass is 127. The molecule has 0 spiro atoms. The molecular weight excluding hydrogens is 281 g/mol. The molecule has 0 amide bonds. The van der Waals surface area contributed by atoms with Gasteiger partial charge in [-0.3, -0.25) is 0 Å². The molecule has 4 heteroatoms. The van der Waals surface area contributed by atoms with Crippen molar-refractivity contribution in [3.8, 4) is 0 Å². The molecule has 68 valence electrons. The van der Waals surface area contributed by atoms with Crippen LogP contribution in [0.3, 0.4) is 0 Å². The highest BCUT2D eigenvalue weighted by molar-refractivity contribution is 14.1. The fraction of sp³-hybridized carbons (Fsp3) is 0.222. The first-order valence-electron chi connectivity index (χ1n) is 3.94. The van der Waals surface area contributed by atoms with Crippen molar-refractivity contribution in [2.75, 3.05) is 5.32 Å². The Balaban J connectivity index is 2.30. The number of benzene rings is 1. The summed E-state index contributed by atoms with van der Waals surface area (Å²) in [5.41, 5.74) is 2.05. The number of nitrogens with one attached hydrogen (secondary N) is 1. The second-order valence-electron chi connectivity index (χ2n) is 3.04. The van der Waals surface area contributed by atoms with E-state index in [-0.39, 0.29) is 0 Å². The van der Waals surface area contributed by atoms with Gasteiger partial charge in [-0.2, -0.15) is 0 Å². The maximum atomic E-state index is 10.7. The van der Waals surface area contributed by atoms with Crippen molar-refractivity contribution in [2.24, 2.45) is 0 Å². The molecule has 2 N–H and O–H groups in total. The Labute approximate surface area is 89.3 Å². The summed E-state index contributed by atoms with van der Waals surface area (Å²) < 4.78 is 1.12. The fourth-order valence-electron chi connectivity index (χ4n) is 1.47. The molecule has 0 radical (unpaired) electrons. The van der Waals surface area contributed by atoms with Gasteiger partial charge in [0, 0.05) is 15.7 Å². The minimum Gasteiger partial charge on any atom is -0.480 e. The molecule has 0 saturated carbocycles. The monoisotopic (exact) mass is 289 g/mol. The van der Waals surface area contributed by atoms with Crippen molar-refractivity contribution in [3.05, 3.63) is 27.3 Å². The van der Waals surface area contributed by atoms with Gasteiger partial charge in [-0.1, -0.05) is 6.07 Å². The third-order valence-electron chi connectivity index (χ3n) is 2.12. The highest BCUT2D eigenvalue weighted by Crippen LogP contribution is 2.27. The molecule has 0 aliphatic carbocycles. The maximum Gasteiger partial charge on any atom is 0.326 e. The van der Waals surface area contributed by atoms with E-state index in [0.29, 0.717) is 6.42 Å². The van der Waals surface area contributed by atoms with E-state index in [1.165, 1.54) is 0 Å². The van der Waals surface area contributed by atoms with Crippen LogP contribution in [0.2, 0.25) is 0 Å². The number of carboxylic acid groups (broad SMARTS) is 1. The van der Waals surface area contributed by atoms with Gasteiger partial charge in [0.05, 0.1) is 0 Å². The zero-order valence-electron chi connectivity index (χ0n) is 6.75. The molecule has 0 bridgehead atoms. The topological polar surface area (TPSA) is 49.3 Å². The van der Waals surface area contributed by atoms with E-state index in [1.807, 2.05) is 18.2 Å². The number of halogens is 1. The van der Waals surface area contributed by atoms with Gasteiger partial charge in [0.15, 0.2) is 0 Å². The Hall–Kier alpha value is -0.780. The van der Waals surface area contributed by atoms with E-state index in [9.17, 15) is 4.79 Å². The number of aliphatic carboxylic acids is 1. The lowest BCUT2D eigenvalue weighted by Gasteiger charge is -2.03. The van der Waals surface area contributed by atoms with Crippen molar-refractivity contribution >= 4 is 34.2 Å². The van der Waals surface area contributed by atoms with Gasteiger partial charge < -0.3 is 10.4 Å². The highest BCUT2D eigenvalue weighted by Gasteiger charge is 2.25. The summed E-state index contributed by atoms with van der Waals surface area (Å²) in [5.74, 6) is -0.786. The summed E-state index contributed by atoms with van der Waals surface area (Å²) in [5, 5.41) is 11.8. The van der Waals surface area contributed by atoms with Gasteiger partial charge in [0.1, 0.15) is 6.04 Å². The molecule has 2 rings (SSSR count). The van der Waals surface area contributed by atoms with Crippen molar-refractivity contribution in [1.82, 2.24) is 0 Å². The largest absolute Gasteiger partial charge is 0.480 e. The lowest BCUT2D eigenvalue weighted by molar-refractivity contribution is -0.137. The molecule has 1 aromatic rings. The molecule has 1 aliphatic rings. The fourth-order valence-corrected chi connectivity index (χ4v) is 1.96. The van der Waals surface area contributed by atoms with E-state index >= 15 is 0 Å². The van der Waals surface area contributed by atoms with E-state index in [0.717, 1.165) is 14.8 Å². The van der Waals surface area contributed by atoms with Crippen LogP contribution in [0.1, 0.15) is 5.56 Å². The summed E-state index contributed by atoms with van der Waals surface area (Å²) in [7, 11) is 0. The molecule has 0 aromatic heterocycles. The molecule has 0 fully saturated rings. The smallest absolute Gasteiger partial charge is 0.326 e. The van der Waals surface area contributed by atoms with E-state index in [4.69, 9.17) is 5.11 Å². The normalized spacial score (nSPS) is 19.3. The van der Waals surface area contributed by atoms with Crippen LogP contribution in [-0.4, -0.2) is 17.1 Å². The quantitative estimate of drug-likeness (QED) is 0.774. The molecule has 13 heavy (non-hydrogen) atoms. The first kappa shape index (κ1) is 8.80. The Bertz CT molecular complexity index is 365. The number of anilines is 1. The molecule has 1 atom stereocenters. The maximum absolute atomic E-state index is 10.7. The van der Waals surface area contributed by atoms with Gasteiger partial charge in [0.25, 0.3) is 0 Å². The van der Waals surface area contributed by atoms with Crippen LogP contribution in [-0.2, 0) is 11.2 Å². The molecule has 0 unspecified atom stereocenters. The van der Waals surface area contributed by atoms with Crippen molar-refractivity contribution in [2.45, 2.75) is 12.5 Å². The second kappa shape index (κ2) is 3.17. The zero-order valence-corrected chi connectivity index (χ0v) is 8.91. The lowest BCUT2D eigenvalue weighted by atomic mass is 10.1. The van der Waals surface area contributed by atoms with E-state index in [1.54, 1.807) is 0 Å². The molecule has 0 saturated heterocycles. The Kier molecular flexibility index (Phi) is 2.15. The summed E-state index contributed by atoms with van der Waals surface area (Å²) in [6, 6.07) is 5.49. The van der Waals surface area contributed by atoms with Crippen molar-refractivity contribution in [3.63, 3.8) is 0 Å². The summed E-state index contributed by atoms with van der Waals surface area (Å²) in [6.07, 6.45) is 0.585. The number of fused-ring (bicyclic) bond motifs is 1. The predicted octanol–water partition coefficient (Wildman–Crippen LogP) is 1.71. The van der Waals surface area contributed by atoms with Crippen LogP contribution in [0.4, 0.5) is 5.69 Å². The minimum atomic E-state index is -0.786. The third-order valence-corrected chi connectivity index (χ3v) is 2.79. The Morgan fingerprint density at radius 2 is 2.38 bits per heavy atom. The van der Waals surface area contributed by atoms with Gasteiger partial charge in [0.2, 0.25) is 0 Å². The Morgan fingerprint density at radius 3 is 3.08 bits per heavy atom. The Morgan fingerprint density at radius 1 is 1.62 bits per heavy atom. The average molecular weight is 289 g/mol. The van der Waals surface area contributed by atoms with E-state index in [2.05, 4.69) is 27.9 Å². The number of hydrogen-bond acceptors (Lipinski definition) is 2. The molecule has 1 aliphatic heterocycles. The second-order valence-corrected chi connectivity index (χ2v) is 4.29.